The van der Waals surface area contributed by atoms with Crippen molar-refractivity contribution in [1.82, 2.24) is 9.97 Å². The van der Waals surface area contributed by atoms with Crippen molar-refractivity contribution in [2.45, 2.75) is 0 Å². The molecule has 0 aliphatic carbocycles. The van der Waals surface area contributed by atoms with Crippen LogP contribution < -0.4 is 5.32 Å². The molecule has 23 heavy (non-hydrogen) atoms. The van der Waals surface area contributed by atoms with Crippen LogP contribution in [0.2, 0.25) is 0 Å². The number of nitrogens with one attached hydrogen (secondary N) is 1. The van der Waals surface area contributed by atoms with Gasteiger partial charge in [0.25, 0.3) is 0 Å². The van der Waals surface area contributed by atoms with E-state index in [0.29, 0.717) is 23.4 Å². The smallest absolute Gasteiger partial charge is 0.247 e. The minimum absolute atomic E-state index is 0.288. The number of carbonyl (C=O) groups excluding carboxylic acids is 2. The number of hydrogen-bond donors (Lipinski definition) is 1. The van der Waals surface area contributed by atoms with Crippen molar-refractivity contribution in [2.75, 3.05) is 5.32 Å². The van der Waals surface area contributed by atoms with Crippen molar-refractivity contribution in [3.05, 3.63) is 67.0 Å². The largest absolute Gasteiger partial charge is 0.322 e. The molecule has 3 aromatic rings. The van der Waals surface area contributed by atoms with Gasteiger partial charge in [-0.1, -0.05) is 18.7 Å². The summed E-state index contributed by atoms with van der Waals surface area (Å²) in [6.45, 7) is 3.45. The molecule has 0 bridgehead atoms. The summed E-state index contributed by atoms with van der Waals surface area (Å²) in [5.74, 6) is -0.288. The number of carbonyl (C=O) groups is 2. The van der Waals surface area contributed by atoms with Crippen molar-refractivity contribution in [3.63, 3.8) is 0 Å². The fourth-order valence-electron chi connectivity index (χ4n) is 2.28. The van der Waals surface area contributed by atoms with Gasteiger partial charge in [-0.05, 0) is 36.4 Å². The lowest BCUT2D eigenvalue weighted by atomic mass is 10.1. The zero-order valence-corrected chi connectivity index (χ0v) is 12.2. The Hall–Kier alpha value is -3.34. The lowest BCUT2D eigenvalue weighted by Gasteiger charge is -2.08. The van der Waals surface area contributed by atoms with Gasteiger partial charge in [-0.3, -0.25) is 14.6 Å². The standard InChI is InChI=1S/C18H13N3O2/c1-2-18(23)21-17-8-9-19-16-7-6-12(10-14(16)17)15-5-3-4-13(11-22)20-15/h2-11H,1H2,(H,19,21,23). The van der Waals surface area contributed by atoms with Crippen molar-refractivity contribution >= 4 is 28.8 Å². The number of pyridine rings is 2. The second kappa shape index (κ2) is 6.19. The lowest BCUT2D eigenvalue weighted by molar-refractivity contribution is -0.111. The minimum atomic E-state index is -0.288. The zero-order valence-electron chi connectivity index (χ0n) is 12.2. The molecule has 0 saturated carbocycles. The molecule has 0 fully saturated rings. The molecule has 112 valence electrons. The van der Waals surface area contributed by atoms with Gasteiger partial charge in [0.15, 0.2) is 6.29 Å². The third-order valence-electron chi connectivity index (χ3n) is 3.37. The van der Waals surface area contributed by atoms with Gasteiger partial charge >= 0.3 is 0 Å². The molecule has 0 radical (unpaired) electrons. The van der Waals surface area contributed by atoms with Crippen molar-refractivity contribution in [2.24, 2.45) is 0 Å². The van der Waals surface area contributed by atoms with E-state index in [9.17, 15) is 9.59 Å². The fraction of sp³-hybridized carbons (Fsp3) is 0. The van der Waals surface area contributed by atoms with Crippen LogP contribution in [0.15, 0.2) is 61.3 Å². The Morgan fingerprint density at radius 2 is 2.04 bits per heavy atom. The van der Waals surface area contributed by atoms with E-state index < -0.39 is 0 Å². The molecular formula is C18H13N3O2. The van der Waals surface area contributed by atoms with Crippen LogP contribution in [0.1, 0.15) is 10.5 Å². The first-order valence-electron chi connectivity index (χ1n) is 6.96. The van der Waals surface area contributed by atoms with Crippen molar-refractivity contribution in [3.8, 4) is 11.3 Å². The molecule has 1 aromatic carbocycles. The maximum absolute atomic E-state index is 11.6. The number of nitrogens with zero attached hydrogens (tertiary/aromatic N) is 2. The quantitative estimate of drug-likeness (QED) is 0.593. The van der Waals surface area contributed by atoms with Crippen LogP contribution in [0.3, 0.4) is 0 Å². The molecule has 0 atom stereocenters. The number of aromatic nitrogens is 2. The van der Waals surface area contributed by atoms with Crippen molar-refractivity contribution in [1.29, 1.82) is 0 Å². The second-order valence-electron chi connectivity index (χ2n) is 4.85. The van der Waals surface area contributed by atoms with E-state index in [0.717, 1.165) is 16.5 Å². The first kappa shape index (κ1) is 14.6. The monoisotopic (exact) mass is 303 g/mol. The number of fused-ring (bicyclic) bond motifs is 1. The third kappa shape index (κ3) is 2.98. The molecule has 2 heterocycles. The molecule has 0 saturated heterocycles. The highest BCUT2D eigenvalue weighted by atomic mass is 16.1. The van der Waals surface area contributed by atoms with E-state index in [1.807, 2.05) is 24.3 Å². The minimum Gasteiger partial charge on any atom is -0.322 e. The predicted molar refractivity (Wildman–Crippen MR) is 89.2 cm³/mol. The lowest BCUT2D eigenvalue weighted by Crippen LogP contribution is -2.07. The van der Waals surface area contributed by atoms with E-state index in [-0.39, 0.29) is 5.91 Å². The Bertz CT molecular complexity index is 919. The van der Waals surface area contributed by atoms with Crippen LogP contribution in [0, 0.1) is 0 Å². The van der Waals surface area contributed by atoms with Crippen LogP contribution in [0.25, 0.3) is 22.2 Å². The molecule has 0 aliphatic rings. The van der Waals surface area contributed by atoms with E-state index >= 15 is 0 Å². The molecule has 1 amide bonds. The fourth-order valence-corrected chi connectivity index (χ4v) is 2.28. The summed E-state index contributed by atoms with van der Waals surface area (Å²) in [4.78, 5) is 31.0. The topological polar surface area (TPSA) is 72.0 Å². The van der Waals surface area contributed by atoms with Gasteiger partial charge in [0.2, 0.25) is 5.91 Å². The number of hydrogen-bond acceptors (Lipinski definition) is 4. The molecular weight excluding hydrogens is 290 g/mol. The van der Waals surface area contributed by atoms with E-state index in [1.165, 1.54) is 6.08 Å². The number of anilines is 1. The van der Waals surface area contributed by atoms with Gasteiger partial charge in [0, 0.05) is 17.1 Å². The van der Waals surface area contributed by atoms with E-state index in [2.05, 4.69) is 21.9 Å². The van der Waals surface area contributed by atoms with Crippen LogP contribution >= 0.6 is 0 Å². The highest BCUT2D eigenvalue weighted by Gasteiger charge is 2.07. The molecule has 5 nitrogen and oxygen atoms in total. The Labute approximate surface area is 132 Å². The summed E-state index contributed by atoms with van der Waals surface area (Å²) in [5.41, 5.74) is 3.29. The molecule has 0 unspecified atom stereocenters. The number of aldehydes is 1. The average molecular weight is 303 g/mol. The Balaban J connectivity index is 2.13. The summed E-state index contributed by atoms with van der Waals surface area (Å²) in [6.07, 6.45) is 3.55. The second-order valence-corrected chi connectivity index (χ2v) is 4.85. The van der Waals surface area contributed by atoms with Crippen LogP contribution in [0.4, 0.5) is 5.69 Å². The maximum Gasteiger partial charge on any atom is 0.247 e. The van der Waals surface area contributed by atoms with E-state index in [1.54, 1.807) is 24.4 Å². The first-order valence-corrected chi connectivity index (χ1v) is 6.96. The molecule has 2 aromatic heterocycles. The van der Waals surface area contributed by atoms with Gasteiger partial charge < -0.3 is 5.32 Å². The van der Waals surface area contributed by atoms with Gasteiger partial charge in [-0.25, -0.2) is 4.98 Å². The summed E-state index contributed by atoms with van der Waals surface area (Å²) in [7, 11) is 0. The Kier molecular flexibility index (Phi) is 3.93. The number of benzene rings is 1. The summed E-state index contributed by atoms with van der Waals surface area (Å²) < 4.78 is 0. The Morgan fingerprint density at radius 3 is 2.83 bits per heavy atom. The summed E-state index contributed by atoms with van der Waals surface area (Å²) >= 11 is 0. The van der Waals surface area contributed by atoms with Gasteiger partial charge in [-0.2, -0.15) is 0 Å². The van der Waals surface area contributed by atoms with Gasteiger partial charge in [-0.15, -0.1) is 0 Å². The first-order chi connectivity index (χ1) is 11.2. The number of rotatable bonds is 4. The molecule has 0 spiro atoms. The normalized spacial score (nSPS) is 10.3. The van der Waals surface area contributed by atoms with Crippen LogP contribution in [-0.4, -0.2) is 22.2 Å². The van der Waals surface area contributed by atoms with Gasteiger partial charge in [0.05, 0.1) is 16.9 Å². The predicted octanol–water partition coefficient (Wildman–Crippen LogP) is 3.23. The van der Waals surface area contributed by atoms with E-state index in [4.69, 9.17) is 0 Å². The molecule has 0 aliphatic heterocycles. The highest BCUT2D eigenvalue weighted by molar-refractivity contribution is 6.05. The van der Waals surface area contributed by atoms with Crippen molar-refractivity contribution < 1.29 is 9.59 Å². The summed E-state index contributed by atoms with van der Waals surface area (Å²) in [5, 5.41) is 3.55. The zero-order chi connectivity index (χ0) is 16.2. The SMILES string of the molecule is C=CC(=O)Nc1ccnc2ccc(-c3cccc(C=O)n3)cc12. The molecule has 5 heteroatoms. The number of amides is 1. The average Bonchev–Trinajstić information content (AvgIpc) is 2.61. The molecule has 3 rings (SSSR count). The maximum atomic E-state index is 11.6. The molecule has 1 N–H and O–H groups in total. The van der Waals surface area contributed by atoms with Gasteiger partial charge in [0.1, 0.15) is 5.69 Å². The van der Waals surface area contributed by atoms with Crippen LogP contribution in [0.5, 0.6) is 0 Å². The highest BCUT2D eigenvalue weighted by Crippen LogP contribution is 2.27. The summed E-state index contributed by atoms with van der Waals surface area (Å²) in [6, 6.07) is 12.6. The third-order valence-corrected chi connectivity index (χ3v) is 3.37. The van der Waals surface area contributed by atoms with Crippen LogP contribution in [-0.2, 0) is 4.79 Å². The Morgan fingerprint density at radius 1 is 1.17 bits per heavy atom.